The summed E-state index contributed by atoms with van der Waals surface area (Å²) in [7, 11) is -1.14. The number of alkyl halides is 3. The monoisotopic (exact) mass is 383 g/mol. The van der Waals surface area contributed by atoms with E-state index in [9.17, 15) is 23.0 Å². The highest BCUT2D eigenvalue weighted by Crippen LogP contribution is 2.33. The highest BCUT2D eigenvalue weighted by Gasteiger charge is 2.40. The molecular weight excluding hydrogens is 369 g/mol. The molecule has 0 fully saturated rings. The molecular formula is C17H14BClF3NO3. The van der Waals surface area contributed by atoms with E-state index in [0.29, 0.717) is 17.2 Å². The van der Waals surface area contributed by atoms with Crippen molar-refractivity contribution in [2.24, 2.45) is 0 Å². The molecule has 0 bridgehead atoms. The Morgan fingerprint density at radius 3 is 2.58 bits per heavy atom. The Morgan fingerprint density at radius 2 is 1.92 bits per heavy atom. The van der Waals surface area contributed by atoms with Gasteiger partial charge in [0.1, 0.15) is 0 Å². The van der Waals surface area contributed by atoms with Crippen molar-refractivity contribution >= 4 is 35.8 Å². The molecule has 26 heavy (non-hydrogen) atoms. The molecule has 0 saturated carbocycles. The number of benzene rings is 2. The lowest BCUT2D eigenvalue weighted by Gasteiger charge is -2.19. The summed E-state index contributed by atoms with van der Waals surface area (Å²) in [6.45, 7) is 3.59. The van der Waals surface area contributed by atoms with E-state index in [1.807, 2.05) is 0 Å². The van der Waals surface area contributed by atoms with Gasteiger partial charge in [0.2, 0.25) is 0 Å². The van der Waals surface area contributed by atoms with Gasteiger partial charge in [-0.3, -0.25) is 4.79 Å². The predicted octanol–water partition coefficient (Wildman–Crippen LogP) is 3.56. The summed E-state index contributed by atoms with van der Waals surface area (Å²) in [5.41, 5.74) is -0.377. The molecule has 0 aromatic heterocycles. The highest BCUT2D eigenvalue weighted by molar-refractivity contribution is 6.62. The average Bonchev–Trinajstić information content (AvgIpc) is 2.75. The van der Waals surface area contributed by atoms with Crippen LogP contribution in [0.4, 0.5) is 18.9 Å². The van der Waals surface area contributed by atoms with Crippen molar-refractivity contribution in [2.45, 2.75) is 25.6 Å². The molecule has 1 aliphatic heterocycles. The summed E-state index contributed by atoms with van der Waals surface area (Å²) in [6, 6.07) is 7.34. The Hall–Kier alpha value is -2.03. The lowest BCUT2D eigenvalue weighted by atomic mass is 9.78. The number of anilines is 1. The minimum absolute atomic E-state index is 0.0961. The van der Waals surface area contributed by atoms with Crippen LogP contribution in [-0.2, 0) is 16.4 Å². The zero-order chi connectivity index (χ0) is 19.3. The molecule has 2 N–H and O–H groups in total. The molecule has 4 nitrogen and oxygen atoms in total. The number of fused-ring (bicyclic) bond motifs is 1. The summed E-state index contributed by atoms with van der Waals surface area (Å²) in [5.74, 6) is -0.784. The van der Waals surface area contributed by atoms with Gasteiger partial charge < -0.3 is 15.0 Å². The molecule has 2 aromatic rings. The van der Waals surface area contributed by atoms with Crippen molar-refractivity contribution in [3.05, 3.63) is 58.1 Å². The fraction of sp³-hybridized carbons (Fsp3) is 0.235. The minimum Gasteiger partial charge on any atom is -0.423 e. The van der Waals surface area contributed by atoms with Crippen LogP contribution in [0.5, 0.6) is 0 Å². The SMILES string of the molecule is CC1(C)OB(O)c2cc(NC(=O)c3cc(C(F)(F)F)ccc3Cl)ccc21. The summed E-state index contributed by atoms with van der Waals surface area (Å²) in [5, 5.41) is 12.4. The Bertz CT molecular complexity index is 886. The van der Waals surface area contributed by atoms with Crippen molar-refractivity contribution < 1.29 is 27.6 Å². The second-order valence-corrected chi connectivity index (χ2v) is 6.84. The van der Waals surface area contributed by atoms with E-state index < -0.39 is 30.4 Å². The van der Waals surface area contributed by atoms with E-state index in [1.165, 1.54) is 6.07 Å². The first kappa shape index (κ1) is 18.8. The third-order valence-corrected chi connectivity index (χ3v) is 4.50. The van der Waals surface area contributed by atoms with Crippen molar-refractivity contribution in [3.63, 3.8) is 0 Å². The van der Waals surface area contributed by atoms with Crippen LogP contribution in [0.15, 0.2) is 36.4 Å². The highest BCUT2D eigenvalue weighted by atomic mass is 35.5. The van der Waals surface area contributed by atoms with Crippen LogP contribution in [-0.4, -0.2) is 18.0 Å². The topological polar surface area (TPSA) is 58.6 Å². The van der Waals surface area contributed by atoms with Crippen molar-refractivity contribution in [3.8, 4) is 0 Å². The molecule has 1 aliphatic rings. The van der Waals surface area contributed by atoms with E-state index in [0.717, 1.165) is 17.7 Å². The van der Waals surface area contributed by atoms with Crippen LogP contribution >= 0.6 is 11.6 Å². The van der Waals surface area contributed by atoms with Crippen LogP contribution < -0.4 is 10.8 Å². The number of nitrogens with one attached hydrogen (secondary N) is 1. The molecule has 0 aliphatic carbocycles. The Morgan fingerprint density at radius 1 is 1.23 bits per heavy atom. The molecule has 2 aromatic carbocycles. The van der Waals surface area contributed by atoms with E-state index in [2.05, 4.69) is 5.32 Å². The molecule has 0 unspecified atom stereocenters. The minimum atomic E-state index is -4.58. The number of hydrogen-bond acceptors (Lipinski definition) is 3. The van der Waals surface area contributed by atoms with Crippen molar-refractivity contribution in [2.75, 3.05) is 5.32 Å². The lowest BCUT2D eigenvalue weighted by Crippen LogP contribution is -2.29. The van der Waals surface area contributed by atoms with Gasteiger partial charge in [0.05, 0.1) is 21.8 Å². The average molecular weight is 384 g/mol. The summed E-state index contributed by atoms with van der Waals surface area (Å²) in [4.78, 5) is 12.4. The number of rotatable bonds is 2. The maximum absolute atomic E-state index is 12.8. The van der Waals surface area contributed by atoms with Gasteiger partial charge in [0, 0.05) is 5.69 Å². The standard InChI is InChI=1S/C17H14BClF3NO3/c1-16(2)12-5-4-10(8-13(12)18(25)26-16)23-15(24)11-7-9(17(20,21)22)3-6-14(11)19/h3-8,25H,1-2H3,(H,23,24). The summed E-state index contributed by atoms with van der Waals surface area (Å²) in [6.07, 6.45) is -4.58. The van der Waals surface area contributed by atoms with Crippen LogP contribution in [0.2, 0.25) is 5.02 Å². The first-order valence-corrected chi connectivity index (χ1v) is 8.05. The third-order valence-electron chi connectivity index (χ3n) is 4.17. The molecule has 9 heteroatoms. The van der Waals surface area contributed by atoms with Gasteiger partial charge in [0.15, 0.2) is 0 Å². The molecule has 0 spiro atoms. The first-order valence-electron chi connectivity index (χ1n) is 7.67. The zero-order valence-corrected chi connectivity index (χ0v) is 14.6. The van der Waals surface area contributed by atoms with Crippen LogP contribution in [0.1, 0.15) is 35.3 Å². The maximum atomic E-state index is 12.8. The number of hydrogen-bond donors (Lipinski definition) is 2. The van der Waals surface area contributed by atoms with E-state index in [1.54, 1.807) is 26.0 Å². The van der Waals surface area contributed by atoms with E-state index in [4.69, 9.17) is 16.3 Å². The predicted molar refractivity (Wildman–Crippen MR) is 92.6 cm³/mol. The Balaban J connectivity index is 1.89. The fourth-order valence-corrected chi connectivity index (χ4v) is 3.08. The van der Waals surface area contributed by atoms with Gasteiger partial charge in [-0.2, -0.15) is 13.2 Å². The number of carbonyl (C=O) groups excluding carboxylic acids is 1. The van der Waals surface area contributed by atoms with E-state index in [-0.39, 0.29) is 10.6 Å². The van der Waals surface area contributed by atoms with Gasteiger partial charge >= 0.3 is 13.3 Å². The second-order valence-electron chi connectivity index (χ2n) is 6.43. The molecule has 0 saturated heterocycles. The number of carbonyl (C=O) groups is 1. The van der Waals surface area contributed by atoms with Crippen LogP contribution in [0, 0.1) is 0 Å². The molecule has 136 valence electrons. The van der Waals surface area contributed by atoms with E-state index >= 15 is 0 Å². The number of amides is 1. The molecule has 1 heterocycles. The smallest absolute Gasteiger partial charge is 0.423 e. The van der Waals surface area contributed by atoms with Crippen molar-refractivity contribution in [1.29, 1.82) is 0 Å². The maximum Gasteiger partial charge on any atom is 0.492 e. The molecule has 3 rings (SSSR count). The van der Waals surface area contributed by atoms with Crippen LogP contribution in [0.25, 0.3) is 0 Å². The third kappa shape index (κ3) is 3.44. The zero-order valence-electron chi connectivity index (χ0n) is 13.8. The Kier molecular flexibility index (Phi) is 4.54. The normalized spacial score (nSPS) is 15.7. The molecule has 0 atom stereocenters. The largest absolute Gasteiger partial charge is 0.492 e. The Labute approximate surface area is 153 Å². The molecule has 1 amide bonds. The summed E-state index contributed by atoms with van der Waals surface area (Å²) < 4.78 is 44.0. The quantitative estimate of drug-likeness (QED) is 0.780. The number of halogens is 4. The molecule has 0 radical (unpaired) electrons. The second kappa shape index (κ2) is 6.30. The first-order chi connectivity index (χ1) is 12.0. The van der Waals surface area contributed by atoms with Gasteiger partial charge in [-0.15, -0.1) is 0 Å². The lowest BCUT2D eigenvalue weighted by molar-refractivity contribution is -0.137. The van der Waals surface area contributed by atoms with Gasteiger partial charge in [0.25, 0.3) is 5.91 Å². The van der Waals surface area contributed by atoms with Crippen molar-refractivity contribution in [1.82, 2.24) is 0 Å². The summed E-state index contributed by atoms with van der Waals surface area (Å²) >= 11 is 5.87. The van der Waals surface area contributed by atoms with Gasteiger partial charge in [-0.25, -0.2) is 0 Å². The van der Waals surface area contributed by atoms with Crippen LogP contribution in [0.3, 0.4) is 0 Å². The fourth-order valence-electron chi connectivity index (χ4n) is 2.87. The van der Waals surface area contributed by atoms with Gasteiger partial charge in [-0.1, -0.05) is 17.7 Å². The van der Waals surface area contributed by atoms with Gasteiger partial charge in [-0.05, 0) is 55.2 Å².